The van der Waals surface area contributed by atoms with Crippen molar-refractivity contribution >= 4 is 11.7 Å². The highest BCUT2D eigenvalue weighted by molar-refractivity contribution is 5.94. The van der Waals surface area contributed by atoms with Crippen molar-refractivity contribution in [1.82, 2.24) is 20.0 Å². The molecule has 0 aliphatic carbocycles. The van der Waals surface area contributed by atoms with Gasteiger partial charge in [0.25, 0.3) is 5.91 Å². The van der Waals surface area contributed by atoms with Crippen LogP contribution in [0.1, 0.15) is 34.0 Å². The second-order valence-electron chi connectivity index (χ2n) is 7.62. The van der Waals surface area contributed by atoms with Crippen LogP contribution in [-0.4, -0.2) is 46.8 Å². The van der Waals surface area contributed by atoms with Crippen molar-refractivity contribution in [2.24, 2.45) is 0 Å². The van der Waals surface area contributed by atoms with Gasteiger partial charge in [-0.1, -0.05) is 30.3 Å². The smallest absolute Gasteiger partial charge is 0.251 e. The number of hydrogen-bond acceptors (Lipinski definition) is 4. The van der Waals surface area contributed by atoms with Gasteiger partial charge in [-0.25, -0.2) is 4.68 Å². The number of nitrogens with zero attached hydrogens (tertiary/aromatic N) is 3. The molecule has 1 saturated heterocycles. The number of benzene rings is 2. The number of aryl methyl sites for hydroxylation is 1. The molecule has 1 aliphatic rings. The average Bonchev–Trinajstić information content (AvgIpc) is 3.35. The Morgan fingerprint density at radius 2 is 1.93 bits per heavy atom. The summed E-state index contributed by atoms with van der Waals surface area (Å²) in [6, 6.07) is 19.8. The van der Waals surface area contributed by atoms with Gasteiger partial charge in [0, 0.05) is 31.3 Å². The molecule has 3 N–H and O–H groups in total. The molecule has 150 valence electrons. The van der Waals surface area contributed by atoms with Crippen LogP contribution in [0.5, 0.6) is 0 Å². The summed E-state index contributed by atoms with van der Waals surface area (Å²) in [4.78, 5) is 14.9. The topological polar surface area (TPSA) is 76.2 Å². The van der Waals surface area contributed by atoms with Crippen molar-refractivity contribution in [2.45, 2.75) is 19.3 Å². The van der Waals surface area contributed by atoms with E-state index in [1.165, 1.54) is 12.0 Å². The molecule has 29 heavy (non-hydrogen) atoms. The number of carbonyl (C=O) groups is 1. The molecule has 0 radical (unpaired) electrons. The van der Waals surface area contributed by atoms with E-state index in [2.05, 4.69) is 45.6 Å². The largest absolute Gasteiger partial charge is 0.384 e. The number of carbonyl (C=O) groups excluding carboxylic acids is 1. The van der Waals surface area contributed by atoms with Crippen LogP contribution in [0, 0.1) is 6.92 Å². The lowest BCUT2D eigenvalue weighted by Gasteiger charge is -2.16. The first-order chi connectivity index (χ1) is 14.1. The lowest BCUT2D eigenvalue weighted by Crippen LogP contribution is -2.33. The fourth-order valence-electron chi connectivity index (χ4n) is 3.94. The molecule has 1 amide bonds. The average molecular weight is 390 g/mol. The van der Waals surface area contributed by atoms with E-state index in [4.69, 9.17) is 5.73 Å². The molecule has 0 spiro atoms. The standard InChI is InChI=1S/C23H27N5O/c1-17-15-22(24)28(26-17)21-9-7-19(8-10-21)23(29)25-12-14-27-13-11-20(16-27)18-5-3-2-4-6-18/h2-10,15,20H,11-14,16,24H2,1H3,(H,25,29). The predicted octanol–water partition coefficient (Wildman–Crippen LogP) is 2.98. The van der Waals surface area contributed by atoms with Crippen molar-refractivity contribution < 1.29 is 4.79 Å². The maximum absolute atomic E-state index is 12.4. The Morgan fingerprint density at radius 1 is 1.17 bits per heavy atom. The Morgan fingerprint density at radius 3 is 2.62 bits per heavy atom. The van der Waals surface area contributed by atoms with Crippen LogP contribution in [0.4, 0.5) is 5.82 Å². The molecule has 4 rings (SSSR count). The summed E-state index contributed by atoms with van der Waals surface area (Å²) in [5, 5.41) is 7.39. The Hall–Kier alpha value is -3.12. The second kappa shape index (κ2) is 8.49. The third kappa shape index (κ3) is 4.49. The summed E-state index contributed by atoms with van der Waals surface area (Å²) in [6.07, 6.45) is 1.18. The normalized spacial score (nSPS) is 16.8. The molecule has 6 nitrogen and oxygen atoms in total. The van der Waals surface area contributed by atoms with Crippen LogP contribution >= 0.6 is 0 Å². The number of nitrogen functional groups attached to an aromatic ring is 1. The van der Waals surface area contributed by atoms with Gasteiger partial charge in [0.05, 0.1) is 11.4 Å². The summed E-state index contributed by atoms with van der Waals surface area (Å²) in [5.41, 5.74) is 9.71. The SMILES string of the molecule is Cc1cc(N)n(-c2ccc(C(=O)NCCN3CCC(c4ccccc4)C3)cc2)n1. The number of hydrogen-bond donors (Lipinski definition) is 2. The molecular weight excluding hydrogens is 362 g/mol. The Labute approximate surface area is 171 Å². The van der Waals surface area contributed by atoms with E-state index >= 15 is 0 Å². The number of aromatic nitrogens is 2. The fourth-order valence-corrected chi connectivity index (χ4v) is 3.94. The van der Waals surface area contributed by atoms with E-state index < -0.39 is 0 Å². The number of anilines is 1. The molecule has 1 fully saturated rings. The molecule has 1 unspecified atom stereocenters. The van der Waals surface area contributed by atoms with Crippen LogP contribution < -0.4 is 11.1 Å². The van der Waals surface area contributed by atoms with Crippen LogP contribution in [0.15, 0.2) is 60.7 Å². The van der Waals surface area contributed by atoms with E-state index in [0.29, 0.717) is 23.8 Å². The molecule has 1 aliphatic heterocycles. The summed E-state index contributed by atoms with van der Waals surface area (Å²) in [5.74, 6) is 1.12. The van der Waals surface area contributed by atoms with E-state index in [1.807, 2.05) is 37.3 Å². The lowest BCUT2D eigenvalue weighted by molar-refractivity contribution is 0.0949. The van der Waals surface area contributed by atoms with Crippen LogP contribution in [0.25, 0.3) is 5.69 Å². The molecule has 0 bridgehead atoms. The molecule has 2 heterocycles. The molecule has 0 saturated carbocycles. The van der Waals surface area contributed by atoms with Crippen LogP contribution in [0.3, 0.4) is 0 Å². The zero-order valence-corrected chi connectivity index (χ0v) is 16.7. The van der Waals surface area contributed by atoms with Gasteiger partial charge in [-0.05, 0) is 55.6 Å². The minimum Gasteiger partial charge on any atom is -0.384 e. The number of nitrogens with one attached hydrogen (secondary N) is 1. The highest BCUT2D eigenvalue weighted by atomic mass is 16.1. The molecule has 6 heteroatoms. The predicted molar refractivity (Wildman–Crippen MR) is 115 cm³/mol. The maximum atomic E-state index is 12.4. The quantitative estimate of drug-likeness (QED) is 0.680. The van der Waals surface area contributed by atoms with Gasteiger partial charge in [0.2, 0.25) is 0 Å². The Kier molecular flexibility index (Phi) is 5.62. The maximum Gasteiger partial charge on any atom is 0.251 e. The molecule has 2 aromatic carbocycles. The molecule has 1 aromatic heterocycles. The second-order valence-corrected chi connectivity index (χ2v) is 7.62. The molecule has 1 atom stereocenters. The number of amides is 1. The van der Waals surface area contributed by atoms with Crippen molar-refractivity contribution in [3.8, 4) is 5.69 Å². The zero-order chi connectivity index (χ0) is 20.2. The van der Waals surface area contributed by atoms with Crippen molar-refractivity contribution in [3.05, 3.63) is 77.5 Å². The monoisotopic (exact) mass is 389 g/mol. The first-order valence-electron chi connectivity index (χ1n) is 10.1. The highest BCUT2D eigenvalue weighted by Crippen LogP contribution is 2.26. The zero-order valence-electron chi connectivity index (χ0n) is 16.7. The highest BCUT2D eigenvalue weighted by Gasteiger charge is 2.23. The summed E-state index contributed by atoms with van der Waals surface area (Å²) >= 11 is 0. The summed E-state index contributed by atoms with van der Waals surface area (Å²) in [6.45, 7) is 5.55. The van der Waals surface area contributed by atoms with Gasteiger partial charge in [-0.15, -0.1) is 0 Å². The van der Waals surface area contributed by atoms with Gasteiger partial charge in [0.1, 0.15) is 5.82 Å². The van der Waals surface area contributed by atoms with Crippen molar-refractivity contribution in [2.75, 3.05) is 31.9 Å². The van der Waals surface area contributed by atoms with E-state index in [-0.39, 0.29) is 5.91 Å². The minimum absolute atomic E-state index is 0.0556. The summed E-state index contributed by atoms with van der Waals surface area (Å²) in [7, 11) is 0. The molecule has 3 aromatic rings. The Balaban J connectivity index is 1.26. The first-order valence-corrected chi connectivity index (χ1v) is 10.1. The lowest BCUT2D eigenvalue weighted by atomic mass is 9.99. The summed E-state index contributed by atoms with van der Waals surface area (Å²) < 4.78 is 1.67. The number of nitrogens with two attached hydrogens (primary N) is 1. The van der Waals surface area contributed by atoms with Gasteiger partial charge in [-0.2, -0.15) is 5.10 Å². The van der Waals surface area contributed by atoms with Crippen LogP contribution in [0.2, 0.25) is 0 Å². The van der Waals surface area contributed by atoms with Gasteiger partial charge >= 0.3 is 0 Å². The number of rotatable bonds is 6. The van der Waals surface area contributed by atoms with Crippen LogP contribution in [-0.2, 0) is 0 Å². The van der Waals surface area contributed by atoms with Gasteiger partial charge in [-0.3, -0.25) is 4.79 Å². The van der Waals surface area contributed by atoms with Gasteiger partial charge in [0.15, 0.2) is 0 Å². The van der Waals surface area contributed by atoms with E-state index in [0.717, 1.165) is 31.0 Å². The van der Waals surface area contributed by atoms with Gasteiger partial charge < -0.3 is 16.0 Å². The third-order valence-electron chi connectivity index (χ3n) is 5.49. The number of likely N-dealkylation sites (tertiary alicyclic amines) is 1. The van der Waals surface area contributed by atoms with E-state index in [1.54, 1.807) is 4.68 Å². The van der Waals surface area contributed by atoms with Crippen molar-refractivity contribution in [1.29, 1.82) is 0 Å². The van der Waals surface area contributed by atoms with E-state index in [9.17, 15) is 4.79 Å². The Bertz CT molecular complexity index is 965. The fraction of sp³-hybridized carbons (Fsp3) is 0.304. The van der Waals surface area contributed by atoms with Crippen molar-refractivity contribution in [3.63, 3.8) is 0 Å². The first kappa shape index (κ1) is 19.2. The molecular formula is C23H27N5O. The minimum atomic E-state index is -0.0556. The third-order valence-corrected chi connectivity index (χ3v) is 5.49.